The molecular formula is C32H24Cl3N3O3S. The number of carboxylic acids is 1. The number of pyridine rings is 1. The molecule has 5 aromatic rings. The molecular weight excluding hydrogens is 613 g/mol. The highest BCUT2D eigenvalue weighted by Gasteiger charge is 2.32. The molecule has 3 aromatic carbocycles. The first kappa shape index (κ1) is 27.5. The molecule has 1 saturated carbocycles. The van der Waals surface area contributed by atoms with Gasteiger partial charge in [0, 0.05) is 57.3 Å². The van der Waals surface area contributed by atoms with E-state index in [-0.39, 0.29) is 5.56 Å². The number of rotatable bonds is 8. The Kier molecular flexibility index (Phi) is 7.22. The van der Waals surface area contributed by atoms with Crippen molar-refractivity contribution >= 4 is 68.9 Å². The zero-order chi connectivity index (χ0) is 29.0. The lowest BCUT2D eigenvalue weighted by molar-refractivity contribution is 0.0696. The van der Waals surface area contributed by atoms with E-state index in [0.717, 1.165) is 64.9 Å². The van der Waals surface area contributed by atoms with Gasteiger partial charge in [0.25, 0.3) is 0 Å². The van der Waals surface area contributed by atoms with Gasteiger partial charge >= 0.3 is 5.97 Å². The van der Waals surface area contributed by atoms with Crippen LogP contribution in [0.4, 0.5) is 5.69 Å². The Morgan fingerprint density at radius 1 is 0.976 bits per heavy atom. The van der Waals surface area contributed by atoms with Crippen LogP contribution in [0.2, 0.25) is 15.1 Å². The fourth-order valence-corrected chi connectivity index (χ4v) is 7.38. The van der Waals surface area contributed by atoms with Crippen molar-refractivity contribution in [1.82, 2.24) is 9.36 Å². The molecule has 1 N–H and O–H groups in total. The highest BCUT2D eigenvalue weighted by atomic mass is 35.5. The number of hydrogen-bond acceptors (Lipinski definition) is 6. The highest BCUT2D eigenvalue weighted by Crippen LogP contribution is 2.48. The van der Waals surface area contributed by atoms with Gasteiger partial charge in [0.05, 0.1) is 26.8 Å². The first-order valence-electron chi connectivity index (χ1n) is 13.6. The second kappa shape index (κ2) is 11.0. The Balaban J connectivity index is 1.04. The fourth-order valence-electron chi connectivity index (χ4n) is 5.44. The van der Waals surface area contributed by atoms with Crippen molar-refractivity contribution in [2.45, 2.75) is 31.3 Å². The van der Waals surface area contributed by atoms with Crippen molar-refractivity contribution in [1.29, 1.82) is 0 Å². The largest absolute Gasteiger partial charge is 0.489 e. The van der Waals surface area contributed by atoms with Gasteiger partial charge in [-0.25, -0.2) is 4.79 Å². The van der Waals surface area contributed by atoms with Crippen LogP contribution in [-0.4, -0.2) is 33.5 Å². The summed E-state index contributed by atoms with van der Waals surface area (Å²) in [5.41, 5.74) is 5.67. The number of benzene rings is 3. The molecule has 212 valence electrons. The average molecular weight is 637 g/mol. The van der Waals surface area contributed by atoms with E-state index in [2.05, 4.69) is 16.0 Å². The molecule has 7 rings (SSSR count). The first-order valence-corrected chi connectivity index (χ1v) is 15.5. The summed E-state index contributed by atoms with van der Waals surface area (Å²) in [4.78, 5) is 19.1. The fraction of sp³-hybridized carbons (Fsp3) is 0.219. The maximum absolute atomic E-state index is 11.2. The SMILES string of the molecule is O=C(O)c1cnc2cc(N3CC(c4ccc(OCc5c(-c6c(Cl)cccc6Cl)nsc5C5CC5)cc4Cl)C3)ccc2c1. The summed E-state index contributed by atoms with van der Waals surface area (Å²) in [6.45, 7) is 2.01. The molecule has 0 unspecified atom stereocenters. The van der Waals surface area contributed by atoms with E-state index in [9.17, 15) is 9.90 Å². The Bertz CT molecular complexity index is 1830. The van der Waals surface area contributed by atoms with Crippen LogP contribution < -0.4 is 9.64 Å². The number of anilines is 1. The van der Waals surface area contributed by atoms with Gasteiger partial charge in [-0.3, -0.25) is 4.98 Å². The van der Waals surface area contributed by atoms with Crippen LogP contribution in [0.1, 0.15) is 51.0 Å². The molecule has 2 fully saturated rings. The van der Waals surface area contributed by atoms with Crippen LogP contribution in [0.15, 0.2) is 66.9 Å². The van der Waals surface area contributed by atoms with Crippen molar-refractivity contribution in [3.05, 3.63) is 103 Å². The molecule has 2 aliphatic rings. The predicted octanol–water partition coefficient (Wildman–Crippen LogP) is 9.08. The molecule has 2 aromatic heterocycles. The standard InChI is InChI=1S/C32H24Cl3N3O3S/c33-25-2-1-3-26(34)29(25)30-24(31(42-37-30)17-4-5-17)16-41-22-8-9-23(27(35)12-22)20-14-38(15-20)21-7-6-18-10-19(32(39)40)13-36-28(18)11-21/h1-3,6-13,17,20H,4-5,14-16H2,(H,39,40). The van der Waals surface area contributed by atoms with Gasteiger partial charge in [0.1, 0.15) is 12.4 Å². The summed E-state index contributed by atoms with van der Waals surface area (Å²) < 4.78 is 11.0. The Morgan fingerprint density at radius 2 is 1.76 bits per heavy atom. The van der Waals surface area contributed by atoms with E-state index in [4.69, 9.17) is 43.9 Å². The van der Waals surface area contributed by atoms with Crippen molar-refractivity contribution in [3.63, 3.8) is 0 Å². The minimum absolute atomic E-state index is 0.183. The number of aromatic carboxylic acids is 1. The monoisotopic (exact) mass is 635 g/mol. The van der Waals surface area contributed by atoms with E-state index in [0.29, 0.717) is 39.3 Å². The van der Waals surface area contributed by atoms with Crippen LogP contribution in [0.3, 0.4) is 0 Å². The van der Waals surface area contributed by atoms with Gasteiger partial charge < -0.3 is 14.7 Å². The van der Waals surface area contributed by atoms with E-state index < -0.39 is 5.97 Å². The number of halogens is 3. The maximum Gasteiger partial charge on any atom is 0.337 e. The van der Waals surface area contributed by atoms with Crippen molar-refractivity contribution in [2.75, 3.05) is 18.0 Å². The third-order valence-electron chi connectivity index (χ3n) is 7.92. The van der Waals surface area contributed by atoms with Gasteiger partial charge in [-0.05, 0) is 78.3 Å². The molecule has 0 atom stereocenters. The molecule has 3 heterocycles. The van der Waals surface area contributed by atoms with E-state index >= 15 is 0 Å². The summed E-state index contributed by atoms with van der Waals surface area (Å²) in [6.07, 6.45) is 3.71. The van der Waals surface area contributed by atoms with E-state index in [1.165, 1.54) is 22.6 Å². The number of ether oxygens (including phenoxy) is 1. The Labute approximate surface area is 261 Å². The minimum Gasteiger partial charge on any atom is -0.489 e. The van der Waals surface area contributed by atoms with Crippen molar-refractivity contribution in [2.24, 2.45) is 0 Å². The summed E-state index contributed by atoms with van der Waals surface area (Å²) in [7, 11) is 0. The summed E-state index contributed by atoms with van der Waals surface area (Å²) in [6, 6.07) is 19.0. The van der Waals surface area contributed by atoms with Crippen LogP contribution in [0.5, 0.6) is 5.75 Å². The number of nitrogens with zero attached hydrogens (tertiary/aromatic N) is 3. The normalized spacial score (nSPS) is 15.2. The van der Waals surface area contributed by atoms with Crippen LogP contribution in [0.25, 0.3) is 22.2 Å². The minimum atomic E-state index is -0.981. The first-order chi connectivity index (χ1) is 20.4. The Hall–Kier alpha value is -3.36. The number of carbonyl (C=O) groups is 1. The van der Waals surface area contributed by atoms with E-state index in [1.807, 2.05) is 48.5 Å². The number of carboxylic acid groups (broad SMARTS) is 1. The highest BCUT2D eigenvalue weighted by molar-refractivity contribution is 7.06. The van der Waals surface area contributed by atoms with Gasteiger partial charge in [0.15, 0.2) is 0 Å². The zero-order valence-electron chi connectivity index (χ0n) is 22.2. The molecule has 0 spiro atoms. The Morgan fingerprint density at radius 3 is 2.48 bits per heavy atom. The molecule has 0 amide bonds. The molecule has 1 aliphatic heterocycles. The molecule has 1 aliphatic carbocycles. The van der Waals surface area contributed by atoms with Crippen molar-refractivity contribution in [3.8, 4) is 17.0 Å². The lowest BCUT2D eigenvalue weighted by atomic mass is 9.90. The third-order valence-corrected chi connectivity index (χ3v) is 9.93. The molecule has 0 radical (unpaired) electrons. The lowest BCUT2D eigenvalue weighted by Crippen LogP contribution is -2.45. The number of aromatic nitrogens is 2. The molecule has 10 heteroatoms. The smallest absolute Gasteiger partial charge is 0.337 e. The van der Waals surface area contributed by atoms with Gasteiger partial charge in [-0.2, -0.15) is 4.37 Å². The third kappa shape index (κ3) is 5.20. The summed E-state index contributed by atoms with van der Waals surface area (Å²) >= 11 is 21.3. The van der Waals surface area contributed by atoms with E-state index in [1.54, 1.807) is 6.07 Å². The van der Waals surface area contributed by atoms with Gasteiger partial charge in [0.2, 0.25) is 0 Å². The van der Waals surface area contributed by atoms with Crippen LogP contribution in [-0.2, 0) is 6.61 Å². The quantitative estimate of drug-likeness (QED) is 0.183. The maximum atomic E-state index is 11.2. The molecule has 42 heavy (non-hydrogen) atoms. The average Bonchev–Trinajstić information content (AvgIpc) is 3.71. The number of fused-ring (bicyclic) bond motifs is 1. The number of hydrogen-bond donors (Lipinski definition) is 1. The van der Waals surface area contributed by atoms with Gasteiger partial charge in [-0.1, -0.05) is 53.0 Å². The second-order valence-electron chi connectivity index (χ2n) is 10.7. The molecule has 1 saturated heterocycles. The second-order valence-corrected chi connectivity index (χ2v) is 12.8. The summed E-state index contributed by atoms with van der Waals surface area (Å²) in [5.74, 6) is 0.529. The van der Waals surface area contributed by atoms with Gasteiger partial charge in [-0.15, -0.1) is 0 Å². The summed E-state index contributed by atoms with van der Waals surface area (Å²) in [5, 5.41) is 11.8. The van der Waals surface area contributed by atoms with Crippen molar-refractivity contribution < 1.29 is 14.6 Å². The van der Waals surface area contributed by atoms with Crippen LogP contribution in [0, 0.1) is 0 Å². The zero-order valence-corrected chi connectivity index (χ0v) is 25.3. The predicted molar refractivity (Wildman–Crippen MR) is 169 cm³/mol. The molecule has 6 nitrogen and oxygen atoms in total. The lowest BCUT2D eigenvalue weighted by Gasteiger charge is -2.41. The topological polar surface area (TPSA) is 75.5 Å². The van der Waals surface area contributed by atoms with Crippen LogP contribution >= 0.6 is 46.3 Å². The molecule has 0 bridgehead atoms.